The van der Waals surface area contributed by atoms with Crippen molar-refractivity contribution in [2.45, 2.75) is 178 Å². The molecule has 0 aromatic heterocycles. The number of hydrogen-bond acceptors (Lipinski definition) is 16. The maximum absolute atomic E-state index is 10.1. The Kier molecular flexibility index (Phi) is 117. The zero-order chi connectivity index (χ0) is 61.8. The quantitative estimate of drug-likeness (QED) is 0.0439. The molecule has 4 atom stereocenters. The van der Waals surface area contributed by atoms with Crippen molar-refractivity contribution in [2.75, 3.05) is 80.5 Å². The maximum atomic E-state index is 10.1. The van der Waals surface area contributed by atoms with Gasteiger partial charge >= 0.3 is 30.1 Å². The van der Waals surface area contributed by atoms with Crippen LogP contribution >= 0.6 is 15.5 Å². The second-order valence-corrected chi connectivity index (χ2v) is 29.3. The van der Waals surface area contributed by atoms with Gasteiger partial charge in [-0.2, -0.15) is 11.2 Å². The second-order valence-electron chi connectivity index (χ2n) is 15.4. The van der Waals surface area contributed by atoms with Gasteiger partial charge < -0.3 is 27.9 Å². The van der Waals surface area contributed by atoms with E-state index in [1.165, 1.54) is 90.8 Å². The number of benzene rings is 1. The van der Waals surface area contributed by atoms with Crippen LogP contribution in [-0.4, -0.2) is 133 Å². The van der Waals surface area contributed by atoms with Crippen molar-refractivity contribution in [2.24, 2.45) is 5.92 Å². The van der Waals surface area contributed by atoms with Crippen molar-refractivity contribution in [1.82, 2.24) is 0 Å². The summed E-state index contributed by atoms with van der Waals surface area (Å²) in [6.45, 7) is 27.4. The number of hydrogen-bond donors (Lipinski definition) is 1. The molecule has 0 bridgehead atoms. The zero-order valence-corrected chi connectivity index (χ0v) is 57.1. The zero-order valence-electron chi connectivity index (χ0n) is 51.4. The van der Waals surface area contributed by atoms with Gasteiger partial charge in [0.1, 0.15) is 8.77 Å². The molecule has 0 radical (unpaired) electrons. The molecule has 2 aliphatic rings. The molecule has 3 rings (SSSR count). The minimum absolute atomic E-state index is 0. The number of esters is 1. The Hall–Kier alpha value is -0.276. The van der Waals surface area contributed by atoms with Crippen molar-refractivity contribution < 1.29 is 85.9 Å². The van der Waals surface area contributed by atoms with Gasteiger partial charge in [0.25, 0.3) is 10.1 Å². The normalized spacial score (nSPS) is 14.2. The fourth-order valence-electron chi connectivity index (χ4n) is 4.22. The molecule has 2 saturated carbocycles. The molecule has 0 amide bonds. The molecule has 462 valence electrons. The predicted octanol–water partition coefficient (Wildman–Crippen LogP) is 13.7. The number of carbonyl (C=O) groups is 1. The SMILES string of the molecule is C.C=CC(=O)OC.CC(C)C.CCC.CCC.CCC.CCCP(C1CCCCC1)C1CCCCC1.COP(C)(=O)O.COS(C)(=O)=O.COS(C)(=O)=S.COS(C)=O.COS(C)=S.[2H][C-]=O.[2H][C-]=O.[Ni+2].c1ccccc1. The topological polar surface area (TPSA) is 212 Å². The van der Waals surface area contributed by atoms with Gasteiger partial charge in [-0.05, 0) is 60.3 Å². The van der Waals surface area contributed by atoms with Crippen LogP contribution in [0.1, 0.15) is 169 Å². The Morgan fingerprint density at radius 1 is 0.773 bits per heavy atom. The van der Waals surface area contributed by atoms with E-state index in [2.05, 4.69) is 124 Å². The number of methoxy groups -OCH3 is 1. The van der Waals surface area contributed by atoms with E-state index in [4.69, 9.17) is 17.2 Å². The average Bonchev–Trinajstić information content (AvgIpc) is 3.36. The van der Waals surface area contributed by atoms with Crippen molar-refractivity contribution in [3.05, 3.63) is 49.1 Å². The van der Waals surface area contributed by atoms with Gasteiger partial charge in [0.05, 0.1) is 41.8 Å². The molecule has 75 heavy (non-hydrogen) atoms. The molecular formula is C51H112NiO15P2S6. The maximum Gasteiger partial charge on any atom is 2.00 e. The first-order chi connectivity index (χ1) is 34.7. The third-order valence-corrected chi connectivity index (χ3v) is 14.5. The van der Waals surface area contributed by atoms with Crippen LogP contribution in [0.3, 0.4) is 0 Å². The number of ether oxygens (including phenoxy) is 1. The summed E-state index contributed by atoms with van der Waals surface area (Å²) in [5.74, 6) is 0.440. The second kappa shape index (κ2) is 87.6. The molecular weight excluding hydrogens is 1170 g/mol. The number of rotatable bonds is 10. The van der Waals surface area contributed by atoms with Crippen molar-refractivity contribution in [3.63, 3.8) is 0 Å². The number of carbonyl (C=O) groups excluding carboxylic acids is 3. The first kappa shape index (κ1) is 100. The van der Waals surface area contributed by atoms with E-state index in [1.54, 1.807) is 64.6 Å². The van der Waals surface area contributed by atoms with E-state index in [0.717, 1.165) is 45.6 Å². The van der Waals surface area contributed by atoms with E-state index in [0.29, 0.717) is 7.92 Å². The molecule has 0 spiro atoms. The predicted molar refractivity (Wildman–Crippen MR) is 335 cm³/mol. The van der Waals surface area contributed by atoms with Gasteiger partial charge in [-0.3, -0.25) is 30.6 Å². The largest absolute Gasteiger partial charge is 2.00 e. The molecule has 1 N–H and O–H groups in total. The van der Waals surface area contributed by atoms with Crippen molar-refractivity contribution >= 4 is 97.1 Å². The molecule has 1 aromatic carbocycles. The van der Waals surface area contributed by atoms with E-state index < -0.39 is 43.5 Å². The summed E-state index contributed by atoms with van der Waals surface area (Å²) in [6.07, 6.45) is 29.1. The van der Waals surface area contributed by atoms with Gasteiger partial charge in [0.2, 0.25) is 0 Å². The van der Waals surface area contributed by atoms with Gasteiger partial charge in [0, 0.05) is 59.5 Å². The first-order valence-corrected chi connectivity index (χ1v) is 36.2. The molecule has 2 fully saturated rings. The minimum Gasteiger partial charge on any atom is -0.545 e. The van der Waals surface area contributed by atoms with Gasteiger partial charge in [-0.25, -0.2) is 13.2 Å². The smallest absolute Gasteiger partial charge is 0.545 e. The minimum atomic E-state index is -3.16. The van der Waals surface area contributed by atoms with Crippen LogP contribution in [0.5, 0.6) is 0 Å². The summed E-state index contributed by atoms with van der Waals surface area (Å²) in [7, 11) is -0.514. The summed E-state index contributed by atoms with van der Waals surface area (Å²) >= 11 is 7.80. The van der Waals surface area contributed by atoms with Crippen LogP contribution in [0.2, 0.25) is 0 Å². The molecule has 0 saturated heterocycles. The molecule has 4 unspecified atom stereocenters. The Morgan fingerprint density at radius 3 is 1.08 bits per heavy atom. The summed E-state index contributed by atoms with van der Waals surface area (Å²) in [6, 6.07) is 12.0. The van der Waals surface area contributed by atoms with Crippen molar-refractivity contribution in [1.29, 1.82) is 0 Å². The van der Waals surface area contributed by atoms with Crippen LogP contribution < -0.4 is 0 Å². The monoisotopic (exact) mass is 1280 g/mol. The summed E-state index contributed by atoms with van der Waals surface area (Å²) in [5, 5.41) is 0. The Balaban J connectivity index is -0.0000000542. The third kappa shape index (κ3) is 153. The Morgan fingerprint density at radius 2 is 0.987 bits per heavy atom. The summed E-state index contributed by atoms with van der Waals surface area (Å²) in [4.78, 5) is 34.7. The van der Waals surface area contributed by atoms with E-state index >= 15 is 0 Å². The van der Waals surface area contributed by atoms with Crippen LogP contribution in [0.15, 0.2) is 49.1 Å². The molecule has 24 heteroatoms. The van der Waals surface area contributed by atoms with E-state index in [-0.39, 0.29) is 33.7 Å². The van der Waals surface area contributed by atoms with Gasteiger partial charge in [-0.15, -0.1) is 7.92 Å². The molecule has 0 aliphatic heterocycles. The standard InChI is InChI=1S/C15H29P.C6H6.C4H6O2.C4H10.3C3H8.C2H7O3P.C2H6O3S.C2H6O2S2.C2H6O2S.C2H6OS2.2CHO.CH4.Ni/c1-2-13-16(14-9-5-3-6-10-14)15-11-7-4-8-12-15;1-2-4-6-5-3-1;1-3-4(5)6-2;1-4(2)3;3*1-3-2;2*1-5-6(2,3)4;1-4-6(2,3)5;1-4-5(2)3;1-3-5(2)4;2*1-2;;/h14-15H,2-13H2,1H3;1-6H;3H,1H2,2H3;4H,1-3H3;3*3H2,1-2H3;1-2H3,(H,3,4);2*1-2H3;2*1-2H3;2*1H;1H4;/q;;;;;;;;;;;;2*-1;;+2/i;;;;;;;;;;;;2*1D;;. The fourth-order valence-corrected chi connectivity index (χ4v) is 8.11. The fraction of sp³-hybridized carbons (Fsp3) is 0.784. The van der Waals surface area contributed by atoms with Crippen LogP contribution in [-0.2, 0) is 124 Å². The van der Waals surface area contributed by atoms with E-state index in [9.17, 15) is 26.2 Å². The van der Waals surface area contributed by atoms with Gasteiger partial charge in [0.15, 0.2) is 11.1 Å². The Bertz CT molecular complexity index is 1480. The van der Waals surface area contributed by atoms with E-state index in [1.807, 2.05) is 42.7 Å². The van der Waals surface area contributed by atoms with Crippen LogP contribution in [0.25, 0.3) is 0 Å². The first-order valence-electron chi connectivity index (χ1n) is 24.9. The Labute approximate surface area is 493 Å². The summed E-state index contributed by atoms with van der Waals surface area (Å²) in [5.41, 5.74) is 2.35. The average molecular weight is 1280 g/mol. The molecule has 15 nitrogen and oxygen atoms in total. The van der Waals surface area contributed by atoms with Gasteiger partial charge in [-0.1, -0.05) is 184 Å². The van der Waals surface area contributed by atoms with Crippen molar-refractivity contribution in [3.8, 4) is 0 Å². The summed E-state index contributed by atoms with van der Waals surface area (Å²) < 4.78 is 85.3. The molecule has 0 heterocycles. The van der Waals surface area contributed by atoms with Crippen LogP contribution in [0.4, 0.5) is 0 Å². The van der Waals surface area contributed by atoms with Crippen LogP contribution in [0, 0.1) is 5.92 Å². The third-order valence-electron chi connectivity index (χ3n) is 7.02. The molecule has 1 aromatic rings. The molecule has 2 aliphatic carbocycles.